The summed E-state index contributed by atoms with van der Waals surface area (Å²) in [6.07, 6.45) is 0.788. The maximum Gasteiger partial charge on any atom is 0.229 e. The molecule has 0 aliphatic heterocycles. The Morgan fingerprint density at radius 2 is 1.79 bits per heavy atom. The van der Waals surface area contributed by atoms with Gasteiger partial charge in [-0.2, -0.15) is 4.98 Å². The molecule has 1 aromatic heterocycles. The number of halogens is 1. The van der Waals surface area contributed by atoms with E-state index in [4.69, 9.17) is 9.47 Å². The molecule has 0 radical (unpaired) electrons. The van der Waals surface area contributed by atoms with Crippen molar-refractivity contribution in [3.05, 3.63) is 65.6 Å². The lowest BCUT2D eigenvalue weighted by Gasteiger charge is -2.11. The summed E-state index contributed by atoms with van der Waals surface area (Å²) >= 11 is 0. The number of hydrogen-bond acceptors (Lipinski definition) is 6. The van der Waals surface area contributed by atoms with Crippen molar-refractivity contribution in [3.63, 3.8) is 0 Å². The third-order valence-electron chi connectivity index (χ3n) is 4.10. The first-order valence-corrected chi connectivity index (χ1v) is 8.90. The molecule has 7 heteroatoms. The van der Waals surface area contributed by atoms with Crippen molar-refractivity contribution in [1.82, 2.24) is 9.97 Å². The van der Waals surface area contributed by atoms with Crippen molar-refractivity contribution in [3.8, 4) is 11.5 Å². The quantitative estimate of drug-likeness (QED) is 0.604. The van der Waals surface area contributed by atoms with Crippen LogP contribution < -0.4 is 20.1 Å². The van der Waals surface area contributed by atoms with E-state index in [0.29, 0.717) is 35.5 Å². The lowest BCUT2D eigenvalue weighted by molar-refractivity contribution is 0.354. The standard InChI is InChI=1S/C21H23FN4O2/c1-14-11-20(26-21(24-14)25-17-6-4-5-16(22)13-17)23-10-9-15-7-8-18(27-2)19(12-15)28-3/h4-8,11-13H,9-10H2,1-3H3,(H2,23,24,25,26). The monoisotopic (exact) mass is 382 g/mol. The predicted octanol–water partition coefficient (Wildman–Crippen LogP) is 4.34. The van der Waals surface area contributed by atoms with Crippen molar-refractivity contribution in [2.24, 2.45) is 0 Å². The van der Waals surface area contributed by atoms with Gasteiger partial charge in [0, 0.05) is 24.0 Å². The highest BCUT2D eigenvalue weighted by atomic mass is 19.1. The zero-order chi connectivity index (χ0) is 19.9. The molecular weight excluding hydrogens is 359 g/mol. The Balaban J connectivity index is 1.64. The Kier molecular flexibility index (Phi) is 6.26. The van der Waals surface area contributed by atoms with Crippen LogP contribution in [0.4, 0.5) is 21.8 Å². The zero-order valence-electron chi connectivity index (χ0n) is 16.1. The van der Waals surface area contributed by atoms with Gasteiger partial charge in [0.15, 0.2) is 11.5 Å². The normalized spacial score (nSPS) is 10.4. The van der Waals surface area contributed by atoms with Gasteiger partial charge in [0.1, 0.15) is 11.6 Å². The molecule has 1 heterocycles. The fraction of sp³-hybridized carbons (Fsp3) is 0.238. The maximum atomic E-state index is 13.3. The maximum absolute atomic E-state index is 13.3. The van der Waals surface area contributed by atoms with E-state index in [1.165, 1.54) is 12.1 Å². The third kappa shape index (κ3) is 5.09. The SMILES string of the molecule is COc1ccc(CCNc2cc(C)nc(Nc3cccc(F)c3)n2)cc1OC. The first-order chi connectivity index (χ1) is 13.6. The summed E-state index contributed by atoms with van der Waals surface area (Å²) < 4.78 is 23.9. The fourth-order valence-corrected chi connectivity index (χ4v) is 2.78. The van der Waals surface area contributed by atoms with Crippen molar-refractivity contribution in [2.45, 2.75) is 13.3 Å². The number of hydrogen-bond donors (Lipinski definition) is 2. The fourth-order valence-electron chi connectivity index (χ4n) is 2.78. The second kappa shape index (κ2) is 9.03. The van der Waals surface area contributed by atoms with E-state index in [0.717, 1.165) is 17.7 Å². The molecule has 3 aromatic rings. The molecule has 28 heavy (non-hydrogen) atoms. The van der Waals surface area contributed by atoms with Gasteiger partial charge < -0.3 is 20.1 Å². The van der Waals surface area contributed by atoms with Crippen LogP contribution >= 0.6 is 0 Å². The molecule has 0 saturated carbocycles. The van der Waals surface area contributed by atoms with Crippen LogP contribution in [0, 0.1) is 12.7 Å². The molecule has 3 rings (SSSR count). The highest BCUT2D eigenvalue weighted by molar-refractivity contribution is 5.55. The van der Waals surface area contributed by atoms with Gasteiger partial charge >= 0.3 is 0 Å². The summed E-state index contributed by atoms with van der Waals surface area (Å²) in [5.41, 5.74) is 2.53. The topological polar surface area (TPSA) is 68.3 Å². The third-order valence-corrected chi connectivity index (χ3v) is 4.10. The Morgan fingerprint density at radius 1 is 0.964 bits per heavy atom. The first kappa shape index (κ1) is 19.4. The highest BCUT2D eigenvalue weighted by Crippen LogP contribution is 2.27. The van der Waals surface area contributed by atoms with Crippen LogP contribution in [-0.4, -0.2) is 30.7 Å². The molecule has 6 nitrogen and oxygen atoms in total. The van der Waals surface area contributed by atoms with Crippen LogP contribution in [-0.2, 0) is 6.42 Å². The van der Waals surface area contributed by atoms with Gasteiger partial charge in [-0.1, -0.05) is 12.1 Å². The Bertz CT molecular complexity index is 949. The number of aromatic nitrogens is 2. The van der Waals surface area contributed by atoms with Gasteiger partial charge in [0.05, 0.1) is 14.2 Å². The number of anilines is 3. The van der Waals surface area contributed by atoms with Gasteiger partial charge in [0.2, 0.25) is 5.95 Å². The number of rotatable bonds is 8. The molecule has 0 bridgehead atoms. The van der Waals surface area contributed by atoms with E-state index < -0.39 is 0 Å². The van der Waals surface area contributed by atoms with Crippen LogP contribution in [0.3, 0.4) is 0 Å². The van der Waals surface area contributed by atoms with E-state index in [9.17, 15) is 4.39 Å². The summed E-state index contributed by atoms with van der Waals surface area (Å²) in [5, 5.41) is 6.33. The van der Waals surface area contributed by atoms with E-state index in [-0.39, 0.29) is 5.82 Å². The Morgan fingerprint density at radius 3 is 2.54 bits per heavy atom. The molecule has 0 saturated heterocycles. The average molecular weight is 382 g/mol. The molecule has 0 aliphatic carbocycles. The Hall–Kier alpha value is -3.35. The van der Waals surface area contributed by atoms with Crippen molar-refractivity contribution < 1.29 is 13.9 Å². The van der Waals surface area contributed by atoms with Crippen LogP contribution in [0.25, 0.3) is 0 Å². The lowest BCUT2D eigenvalue weighted by Crippen LogP contribution is -2.09. The zero-order valence-corrected chi connectivity index (χ0v) is 16.1. The summed E-state index contributed by atoms with van der Waals surface area (Å²) in [5.74, 6) is 2.22. The Labute approximate surface area is 163 Å². The summed E-state index contributed by atoms with van der Waals surface area (Å²) in [7, 11) is 3.24. The molecule has 2 aromatic carbocycles. The number of methoxy groups -OCH3 is 2. The first-order valence-electron chi connectivity index (χ1n) is 8.90. The molecule has 0 aliphatic rings. The molecule has 0 amide bonds. The molecule has 0 fully saturated rings. The second-order valence-corrected chi connectivity index (χ2v) is 6.22. The minimum absolute atomic E-state index is 0.314. The molecule has 0 spiro atoms. The van der Waals surface area contributed by atoms with E-state index in [1.807, 2.05) is 31.2 Å². The number of nitrogens with zero attached hydrogens (tertiary/aromatic N) is 2. The van der Waals surface area contributed by atoms with E-state index in [1.54, 1.807) is 26.4 Å². The van der Waals surface area contributed by atoms with Gasteiger partial charge in [-0.05, 0) is 49.2 Å². The molecule has 146 valence electrons. The lowest BCUT2D eigenvalue weighted by atomic mass is 10.1. The highest BCUT2D eigenvalue weighted by Gasteiger charge is 2.06. The number of aryl methyl sites for hydroxylation is 1. The van der Waals surface area contributed by atoms with Crippen molar-refractivity contribution in [2.75, 3.05) is 31.4 Å². The van der Waals surface area contributed by atoms with Gasteiger partial charge in [-0.15, -0.1) is 0 Å². The summed E-state index contributed by atoms with van der Waals surface area (Å²) in [6.45, 7) is 2.57. The van der Waals surface area contributed by atoms with Crippen LogP contribution in [0.2, 0.25) is 0 Å². The van der Waals surface area contributed by atoms with Crippen molar-refractivity contribution >= 4 is 17.5 Å². The number of nitrogens with one attached hydrogen (secondary N) is 2. The van der Waals surface area contributed by atoms with Crippen LogP contribution in [0.15, 0.2) is 48.5 Å². The van der Waals surface area contributed by atoms with Crippen molar-refractivity contribution in [1.29, 1.82) is 0 Å². The van der Waals surface area contributed by atoms with E-state index >= 15 is 0 Å². The van der Waals surface area contributed by atoms with Crippen LogP contribution in [0.1, 0.15) is 11.3 Å². The van der Waals surface area contributed by atoms with Crippen LogP contribution in [0.5, 0.6) is 11.5 Å². The predicted molar refractivity (Wildman–Crippen MR) is 108 cm³/mol. The number of ether oxygens (including phenoxy) is 2. The smallest absolute Gasteiger partial charge is 0.229 e. The molecular formula is C21H23FN4O2. The minimum Gasteiger partial charge on any atom is -0.493 e. The molecule has 2 N–H and O–H groups in total. The van der Waals surface area contributed by atoms with E-state index in [2.05, 4.69) is 20.6 Å². The molecule has 0 unspecified atom stereocenters. The minimum atomic E-state index is -0.314. The van der Waals surface area contributed by atoms with Gasteiger partial charge in [-0.3, -0.25) is 0 Å². The van der Waals surface area contributed by atoms with Gasteiger partial charge in [-0.25, -0.2) is 9.37 Å². The van der Waals surface area contributed by atoms with Gasteiger partial charge in [0.25, 0.3) is 0 Å². The average Bonchev–Trinajstić information content (AvgIpc) is 2.67. The summed E-state index contributed by atoms with van der Waals surface area (Å²) in [6, 6.07) is 13.9. The largest absolute Gasteiger partial charge is 0.493 e. The second-order valence-electron chi connectivity index (χ2n) is 6.22. The number of benzene rings is 2. The molecule has 0 atom stereocenters. The summed E-state index contributed by atoms with van der Waals surface area (Å²) in [4.78, 5) is 8.80.